The summed E-state index contributed by atoms with van der Waals surface area (Å²) in [7, 11) is 0. The zero-order valence-electron chi connectivity index (χ0n) is 7.99. The number of esters is 1. The highest BCUT2D eigenvalue weighted by Gasteiger charge is 2.38. The van der Waals surface area contributed by atoms with Crippen LogP contribution in [0.15, 0.2) is 12.7 Å². The van der Waals surface area contributed by atoms with Gasteiger partial charge in [-0.3, -0.25) is 4.79 Å². The van der Waals surface area contributed by atoms with Crippen molar-refractivity contribution in [2.75, 3.05) is 6.61 Å². The molecule has 0 aromatic heterocycles. The first-order valence-corrected chi connectivity index (χ1v) is 4.63. The van der Waals surface area contributed by atoms with Crippen molar-refractivity contribution in [1.29, 1.82) is 0 Å². The first kappa shape index (κ1) is 10.3. The van der Waals surface area contributed by atoms with Crippen molar-refractivity contribution < 1.29 is 14.3 Å². The van der Waals surface area contributed by atoms with E-state index in [9.17, 15) is 4.79 Å². The van der Waals surface area contributed by atoms with Crippen LogP contribution >= 0.6 is 0 Å². The maximum Gasteiger partial charge on any atom is 0.302 e. The molecule has 74 valence electrons. The van der Waals surface area contributed by atoms with Gasteiger partial charge in [0, 0.05) is 6.92 Å². The van der Waals surface area contributed by atoms with E-state index in [2.05, 4.69) is 6.58 Å². The molecule has 1 saturated heterocycles. The molecule has 0 N–H and O–H groups in total. The lowest BCUT2D eigenvalue weighted by Crippen LogP contribution is -2.08. The molecule has 2 atom stereocenters. The summed E-state index contributed by atoms with van der Waals surface area (Å²) in [6, 6.07) is 0. The van der Waals surface area contributed by atoms with Gasteiger partial charge in [0.25, 0.3) is 0 Å². The van der Waals surface area contributed by atoms with Crippen LogP contribution in [0.5, 0.6) is 0 Å². The lowest BCUT2D eigenvalue weighted by Gasteiger charge is -1.96. The van der Waals surface area contributed by atoms with Gasteiger partial charge in [0.1, 0.15) is 12.7 Å². The van der Waals surface area contributed by atoms with Gasteiger partial charge < -0.3 is 9.47 Å². The van der Waals surface area contributed by atoms with E-state index in [0.717, 1.165) is 19.3 Å². The second-order valence-corrected chi connectivity index (χ2v) is 3.24. The Morgan fingerprint density at radius 3 is 3.00 bits per heavy atom. The number of ether oxygens (including phenoxy) is 2. The summed E-state index contributed by atoms with van der Waals surface area (Å²) in [4.78, 5) is 10.5. The minimum Gasteiger partial charge on any atom is -0.463 e. The summed E-state index contributed by atoms with van der Waals surface area (Å²) in [5.41, 5.74) is 0. The zero-order valence-corrected chi connectivity index (χ0v) is 7.99. The molecule has 1 fully saturated rings. The Morgan fingerprint density at radius 2 is 2.38 bits per heavy atom. The Bertz CT molecular complexity index is 189. The summed E-state index contributed by atoms with van der Waals surface area (Å²) >= 11 is 0. The van der Waals surface area contributed by atoms with E-state index in [1.54, 1.807) is 0 Å². The van der Waals surface area contributed by atoms with Crippen LogP contribution in [-0.4, -0.2) is 24.8 Å². The van der Waals surface area contributed by atoms with Gasteiger partial charge in [-0.1, -0.05) is 6.08 Å². The number of hydrogen-bond donors (Lipinski definition) is 0. The summed E-state index contributed by atoms with van der Waals surface area (Å²) < 4.78 is 10.1. The van der Waals surface area contributed by atoms with Gasteiger partial charge in [-0.25, -0.2) is 0 Å². The molecule has 0 aliphatic carbocycles. The van der Waals surface area contributed by atoms with E-state index in [1.165, 1.54) is 6.92 Å². The molecule has 3 heteroatoms. The number of unbranched alkanes of at least 4 members (excludes halogenated alkanes) is 1. The molecule has 2 unspecified atom stereocenters. The SMILES string of the molecule is C=CCCCC1OC1COC(C)=O. The van der Waals surface area contributed by atoms with Crippen LogP contribution in [-0.2, 0) is 14.3 Å². The van der Waals surface area contributed by atoms with Crippen LogP contribution in [0.4, 0.5) is 0 Å². The van der Waals surface area contributed by atoms with Gasteiger partial charge in [-0.2, -0.15) is 0 Å². The maximum atomic E-state index is 10.5. The molecule has 0 spiro atoms. The quantitative estimate of drug-likeness (QED) is 0.273. The average Bonchev–Trinajstić information content (AvgIpc) is 2.81. The third-order valence-electron chi connectivity index (χ3n) is 2.04. The lowest BCUT2D eigenvalue weighted by atomic mass is 10.1. The molecule has 0 aromatic carbocycles. The van der Waals surface area contributed by atoms with E-state index in [1.807, 2.05) is 6.08 Å². The minimum absolute atomic E-state index is 0.147. The van der Waals surface area contributed by atoms with Gasteiger partial charge in [0.05, 0.1) is 6.10 Å². The number of allylic oxidation sites excluding steroid dienone is 1. The van der Waals surface area contributed by atoms with Crippen molar-refractivity contribution in [2.24, 2.45) is 0 Å². The Hall–Kier alpha value is -0.830. The zero-order chi connectivity index (χ0) is 9.68. The van der Waals surface area contributed by atoms with Crippen molar-refractivity contribution in [3.8, 4) is 0 Å². The Kier molecular flexibility index (Phi) is 3.96. The van der Waals surface area contributed by atoms with Crippen LogP contribution in [0.3, 0.4) is 0 Å². The molecule has 1 rings (SSSR count). The first-order valence-electron chi connectivity index (χ1n) is 4.63. The molecule has 0 saturated carbocycles. The van der Waals surface area contributed by atoms with Crippen molar-refractivity contribution in [1.82, 2.24) is 0 Å². The van der Waals surface area contributed by atoms with Crippen molar-refractivity contribution in [3.63, 3.8) is 0 Å². The fraction of sp³-hybridized carbons (Fsp3) is 0.700. The Labute approximate surface area is 78.7 Å². The molecule has 0 radical (unpaired) electrons. The maximum absolute atomic E-state index is 10.5. The van der Waals surface area contributed by atoms with Crippen LogP contribution < -0.4 is 0 Å². The Morgan fingerprint density at radius 1 is 1.62 bits per heavy atom. The molecule has 0 amide bonds. The predicted octanol–water partition coefficient (Wildman–Crippen LogP) is 1.67. The third-order valence-corrected chi connectivity index (χ3v) is 2.04. The van der Waals surface area contributed by atoms with Crippen LogP contribution in [0.2, 0.25) is 0 Å². The molecule has 3 nitrogen and oxygen atoms in total. The number of epoxide rings is 1. The van der Waals surface area contributed by atoms with Crippen molar-refractivity contribution >= 4 is 5.97 Å². The molecule has 1 aliphatic rings. The lowest BCUT2D eigenvalue weighted by molar-refractivity contribution is -0.141. The minimum atomic E-state index is -0.236. The Balaban J connectivity index is 1.96. The van der Waals surface area contributed by atoms with Crippen LogP contribution in [0.1, 0.15) is 26.2 Å². The van der Waals surface area contributed by atoms with Gasteiger partial charge in [-0.05, 0) is 19.3 Å². The van der Waals surface area contributed by atoms with Gasteiger partial charge in [0.2, 0.25) is 0 Å². The number of hydrogen-bond acceptors (Lipinski definition) is 3. The van der Waals surface area contributed by atoms with Crippen LogP contribution in [0.25, 0.3) is 0 Å². The van der Waals surface area contributed by atoms with Crippen molar-refractivity contribution in [3.05, 3.63) is 12.7 Å². The largest absolute Gasteiger partial charge is 0.463 e. The summed E-state index contributed by atoms with van der Waals surface area (Å²) in [5.74, 6) is -0.236. The fourth-order valence-corrected chi connectivity index (χ4v) is 1.24. The topological polar surface area (TPSA) is 38.8 Å². The van der Waals surface area contributed by atoms with Gasteiger partial charge in [0.15, 0.2) is 0 Å². The van der Waals surface area contributed by atoms with E-state index in [0.29, 0.717) is 12.7 Å². The highest BCUT2D eigenvalue weighted by atomic mass is 16.6. The summed E-state index contributed by atoms with van der Waals surface area (Å²) in [5, 5.41) is 0. The molecule has 0 bridgehead atoms. The van der Waals surface area contributed by atoms with Gasteiger partial charge in [-0.15, -0.1) is 6.58 Å². The number of carbonyl (C=O) groups excluding carboxylic acids is 1. The average molecular weight is 184 g/mol. The monoisotopic (exact) mass is 184 g/mol. The first-order chi connectivity index (χ1) is 6.24. The molecule has 1 heterocycles. The van der Waals surface area contributed by atoms with E-state index >= 15 is 0 Å². The summed E-state index contributed by atoms with van der Waals surface area (Å²) in [6.07, 6.45) is 5.53. The van der Waals surface area contributed by atoms with Crippen LogP contribution in [0, 0.1) is 0 Å². The highest BCUT2D eigenvalue weighted by Crippen LogP contribution is 2.27. The van der Waals surface area contributed by atoms with E-state index in [-0.39, 0.29) is 12.1 Å². The van der Waals surface area contributed by atoms with Gasteiger partial charge >= 0.3 is 5.97 Å². The van der Waals surface area contributed by atoms with Crippen molar-refractivity contribution in [2.45, 2.75) is 38.4 Å². The molecule has 13 heavy (non-hydrogen) atoms. The van der Waals surface area contributed by atoms with E-state index < -0.39 is 0 Å². The highest BCUT2D eigenvalue weighted by molar-refractivity contribution is 5.65. The fourth-order valence-electron chi connectivity index (χ4n) is 1.24. The predicted molar refractivity (Wildman–Crippen MR) is 49.3 cm³/mol. The standard InChI is InChI=1S/C10H16O3/c1-3-4-5-6-9-10(13-9)7-12-8(2)11/h3,9-10H,1,4-7H2,2H3. The second kappa shape index (κ2) is 5.02. The smallest absolute Gasteiger partial charge is 0.302 e. The normalized spacial score (nSPS) is 25.3. The number of carbonyl (C=O) groups is 1. The molecule has 0 aromatic rings. The van der Waals surface area contributed by atoms with E-state index in [4.69, 9.17) is 9.47 Å². The molecule has 1 aliphatic heterocycles. The molecular weight excluding hydrogens is 168 g/mol. The number of rotatable bonds is 6. The second-order valence-electron chi connectivity index (χ2n) is 3.24. The molecular formula is C10H16O3. The third kappa shape index (κ3) is 4.08. The summed E-state index contributed by atoms with van der Waals surface area (Å²) in [6.45, 7) is 5.47.